The van der Waals surface area contributed by atoms with Gasteiger partial charge in [0.1, 0.15) is 11.5 Å². The fraction of sp³-hybridized carbons (Fsp3) is 0.167. The molecule has 25 heavy (non-hydrogen) atoms. The summed E-state index contributed by atoms with van der Waals surface area (Å²) in [4.78, 5) is 12.3. The molecular formula is C18H19NO5S. The Balaban J connectivity index is 2.22. The Morgan fingerprint density at radius 3 is 2.48 bits per heavy atom. The van der Waals surface area contributed by atoms with Crippen molar-refractivity contribution in [2.24, 2.45) is 0 Å². The second-order valence-corrected chi connectivity index (χ2v) is 7.01. The molecule has 0 aromatic heterocycles. The molecule has 0 aliphatic rings. The smallest absolute Gasteiger partial charge is 0.229 e. The molecular weight excluding hydrogens is 342 g/mol. The molecule has 0 aliphatic carbocycles. The number of methoxy groups -OCH3 is 2. The zero-order chi connectivity index (χ0) is 18.4. The molecule has 2 aromatic rings. The van der Waals surface area contributed by atoms with E-state index in [4.69, 9.17) is 9.47 Å². The molecule has 7 heteroatoms. The third-order valence-electron chi connectivity index (χ3n) is 3.31. The van der Waals surface area contributed by atoms with Crippen molar-refractivity contribution in [1.29, 1.82) is 0 Å². The number of ketones is 1. The molecule has 132 valence electrons. The topological polar surface area (TPSA) is 81.7 Å². The number of allylic oxidation sites excluding steroid dienone is 1. The van der Waals surface area contributed by atoms with Crippen LogP contribution in [0.2, 0.25) is 0 Å². The van der Waals surface area contributed by atoms with Crippen LogP contribution in [0.25, 0.3) is 6.08 Å². The molecule has 2 aromatic carbocycles. The molecule has 0 amide bonds. The Morgan fingerprint density at radius 2 is 1.84 bits per heavy atom. The predicted octanol–water partition coefficient (Wildman–Crippen LogP) is 2.97. The van der Waals surface area contributed by atoms with E-state index in [1.165, 1.54) is 19.3 Å². The maximum Gasteiger partial charge on any atom is 0.229 e. The summed E-state index contributed by atoms with van der Waals surface area (Å²) in [6.07, 6.45) is 4.10. The summed E-state index contributed by atoms with van der Waals surface area (Å²) in [7, 11) is -0.301. The fourth-order valence-electron chi connectivity index (χ4n) is 2.17. The SMILES string of the molecule is COc1ccc(C=CC(=O)c2cccc(NS(C)(=O)=O)c2)c(OC)c1. The molecule has 0 heterocycles. The van der Waals surface area contributed by atoms with Gasteiger partial charge in [-0.3, -0.25) is 9.52 Å². The van der Waals surface area contributed by atoms with Crippen LogP contribution >= 0.6 is 0 Å². The van der Waals surface area contributed by atoms with Crippen molar-refractivity contribution in [3.05, 3.63) is 59.7 Å². The molecule has 6 nitrogen and oxygen atoms in total. The van der Waals surface area contributed by atoms with Gasteiger partial charge in [-0.25, -0.2) is 8.42 Å². The van der Waals surface area contributed by atoms with Crippen LogP contribution in [0.4, 0.5) is 5.69 Å². The van der Waals surface area contributed by atoms with E-state index in [1.54, 1.807) is 49.6 Å². The highest BCUT2D eigenvalue weighted by Crippen LogP contribution is 2.25. The predicted molar refractivity (Wildman–Crippen MR) is 97.8 cm³/mol. The van der Waals surface area contributed by atoms with E-state index in [0.717, 1.165) is 11.8 Å². The number of hydrogen-bond donors (Lipinski definition) is 1. The normalized spacial score (nSPS) is 11.3. The fourth-order valence-corrected chi connectivity index (χ4v) is 2.72. The minimum Gasteiger partial charge on any atom is -0.497 e. The molecule has 2 rings (SSSR count). The summed E-state index contributed by atoms with van der Waals surface area (Å²) in [6, 6.07) is 11.6. The first-order valence-electron chi connectivity index (χ1n) is 7.34. The number of benzene rings is 2. The van der Waals surface area contributed by atoms with Crippen LogP contribution in [-0.2, 0) is 10.0 Å². The van der Waals surface area contributed by atoms with Gasteiger partial charge in [0.2, 0.25) is 10.0 Å². The standard InChI is InChI=1S/C18H19NO5S/c1-23-16-9-7-13(18(12-16)24-2)8-10-17(20)14-5-4-6-15(11-14)19-25(3,21)22/h4-12,19H,1-3H3. The van der Waals surface area contributed by atoms with Gasteiger partial charge in [-0.1, -0.05) is 12.1 Å². The van der Waals surface area contributed by atoms with Crippen molar-refractivity contribution >= 4 is 27.6 Å². The molecule has 0 radical (unpaired) electrons. The summed E-state index contributed by atoms with van der Waals surface area (Å²) >= 11 is 0. The largest absolute Gasteiger partial charge is 0.497 e. The van der Waals surface area contributed by atoms with Crippen molar-refractivity contribution in [2.45, 2.75) is 0 Å². The van der Waals surface area contributed by atoms with Crippen molar-refractivity contribution in [3.8, 4) is 11.5 Å². The third-order valence-corrected chi connectivity index (χ3v) is 3.91. The summed E-state index contributed by atoms with van der Waals surface area (Å²) in [6.45, 7) is 0. The Kier molecular flexibility index (Phi) is 5.82. The van der Waals surface area contributed by atoms with E-state index < -0.39 is 10.0 Å². The van der Waals surface area contributed by atoms with Gasteiger partial charge in [-0.15, -0.1) is 0 Å². The van der Waals surface area contributed by atoms with Crippen LogP contribution in [0.1, 0.15) is 15.9 Å². The van der Waals surface area contributed by atoms with Gasteiger partial charge >= 0.3 is 0 Å². The van der Waals surface area contributed by atoms with Crippen molar-refractivity contribution < 1.29 is 22.7 Å². The lowest BCUT2D eigenvalue weighted by atomic mass is 10.1. The average Bonchev–Trinajstić information content (AvgIpc) is 2.58. The van der Waals surface area contributed by atoms with Crippen LogP contribution in [0.3, 0.4) is 0 Å². The van der Waals surface area contributed by atoms with E-state index >= 15 is 0 Å². The first-order valence-corrected chi connectivity index (χ1v) is 9.24. The minimum atomic E-state index is -3.40. The maximum absolute atomic E-state index is 12.3. The summed E-state index contributed by atoms with van der Waals surface area (Å²) in [5, 5.41) is 0. The molecule has 0 spiro atoms. The molecule has 0 saturated carbocycles. The number of sulfonamides is 1. The van der Waals surface area contributed by atoms with Crippen LogP contribution < -0.4 is 14.2 Å². The highest BCUT2D eigenvalue weighted by Gasteiger charge is 2.07. The van der Waals surface area contributed by atoms with E-state index in [0.29, 0.717) is 22.7 Å². The number of hydrogen-bond acceptors (Lipinski definition) is 5. The second-order valence-electron chi connectivity index (χ2n) is 5.26. The lowest BCUT2D eigenvalue weighted by Gasteiger charge is -2.07. The number of nitrogens with one attached hydrogen (secondary N) is 1. The summed E-state index contributed by atoms with van der Waals surface area (Å²) < 4.78 is 35.3. The zero-order valence-electron chi connectivity index (χ0n) is 14.1. The van der Waals surface area contributed by atoms with Crippen LogP contribution in [0.15, 0.2) is 48.5 Å². The van der Waals surface area contributed by atoms with E-state index in [1.807, 2.05) is 0 Å². The monoisotopic (exact) mass is 361 g/mol. The zero-order valence-corrected chi connectivity index (χ0v) is 15.0. The Labute approximate surface area is 147 Å². The number of carbonyl (C=O) groups is 1. The van der Waals surface area contributed by atoms with Crippen molar-refractivity contribution in [1.82, 2.24) is 0 Å². The first-order chi connectivity index (χ1) is 11.8. The molecule has 0 saturated heterocycles. The van der Waals surface area contributed by atoms with Crippen LogP contribution in [0, 0.1) is 0 Å². The lowest BCUT2D eigenvalue weighted by molar-refractivity contribution is 0.104. The second kappa shape index (κ2) is 7.85. The molecule has 0 aliphatic heterocycles. The van der Waals surface area contributed by atoms with Gasteiger partial charge in [-0.2, -0.15) is 0 Å². The van der Waals surface area contributed by atoms with Crippen LogP contribution in [-0.4, -0.2) is 34.7 Å². The lowest BCUT2D eigenvalue weighted by Crippen LogP contribution is -2.10. The molecule has 0 unspecified atom stereocenters. The minimum absolute atomic E-state index is 0.255. The van der Waals surface area contributed by atoms with Gasteiger partial charge < -0.3 is 9.47 Å². The van der Waals surface area contributed by atoms with E-state index in [9.17, 15) is 13.2 Å². The van der Waals surface area contributed by atoms with Gasteiger partial charge in [0.05, 0.1) is 20.5 Å². The average molecular weight is 361 g/mol. The number of carbonyl (C=O) groups excluding carboxylic acids is 1. The highest BCUT2D eigenvalue weighted by atomic mass is 32.2. The van der Waals surface area contributed by atoms with Gasteiger partial charge in [0.25, 0.3) is 0 Å². The number of anilines is 1. The quantitative estimate of drug-likeness (QED) is 0.606. The van der Waals surface area contributed by atoms with Gasteiger partial charge in [0, 0.05) is 22.9 Å². The third kappa shape index (κ3) is 5.36. The van der Waals surface area contributed by atoms with Crippen molar-refractivity contribution in [2.75, 3.05) is 25.2 Å². The van der Waals surface area contributed by atoms with Gasteiger partial charge in [0.15, 0.2) is 5.78 Å². The molecule has 1 N–H and O–H groups in total. The van der Waals surface area contributed by atoms with Gasteiger partial charge in [-0.05, 0) is 36.4 Å². The number of rotatable bonds is 7. The Hall–Kier alpha value is -2.80. The van der Waals surface area contributed by atoms with E-state index in [2.05, 4.69) is 4.72 Å². The highest BCUT2D eigenvalue weighted by molar-refractivity contribution is 7.92. The molecule has 0 fully saturated rings. The molecule has 0 atom stereocenters. The Morgan fingerprint density at radius 1 is 1.08 bits per heavy atom. The summed E-state index contributed by atoms with van der Waals surface area (Å²) in [5.41, 5.74) is 1.43. The maximum atomic E-state index is 12.3. The number of ether oxygens (including phenoxy) is 2. The first kappa shape index (κ1) is 18.5. The summed E-state index contributed by atoms with van der Waals surface area (Å²) in [5.74, 6) is 0.978. The van der Waals surface area contributed by atoms with Crippen LogP contribution in [0.5, 0.6) is 11.5 Å². The molecule has 0 bridgehead atoms. The van der Waals surface area contributed by atoms with Crippen molar-refractivity contribution in [3.63, 3.8) is 0 Å². The Bertz CT molecular complexity index is 903. The van der Waals surface area contributed by atoms with E-state index in [-0.39, 0.29) is 5.78 Å².